The lowest BCUT2D eigenvalue weighted by atomic mass is 9.99. The van der Waals surface area contributed by atoms with Gasteiger partial charge in [-0.25, -0.2) is 0 Å². The molecule has 2 aromatic carbocycles. The van der Waals surface area contributed by atoms with Crippen molar-refractivity contribution in [2.75, 3.05) is 17.7 Å². The zero-order valence-corrected chi connectivity index (χ0v) is 15.2. The molecule has 0 bridgehead atoms. The first-order chi connectivity index (χ1) is 12.5. The zero-order chi connectivity index (χ0) is 18.5. The van der Waals surface area contributed by atoms with E-state index in [4.69, 9.17) is 4.74 Å². The summed E-state index contributed by atoms with van der Waals surface area (Å²) in [7, 11) is 0. The Kier molecular flexibility index (Phi) is 5.73. The molecule has 1 heterocycles. The zero-order valence-electron chi connectivity index (χ0n) is 14.4. The van der Waals surface area contributed by atoms with Crippen LogP contribution in [0.5, 0.6) is 0 Å². The second-order valence-corrected chi connectivity index (χ2v) is 7.18. The van der Waals surface area contributed by atoms with Gasteiger partial charge in [-0.15, -0.1) is 11.8 Å². The van der Waals surface area contributed by atoms with Crippen LogP contribution in [0.1, 0.15) is 35.2 Å². The van der Waals surface area contributed by atoms with Crippen molar-refractivity contribution in [1.29, 1.82) is 0 Å². The normalized spacial score (nSPS) is 15.3. The Hall–Kier alpha value is -2.60. The highest BCUT2D eigenvalue weighted by molar-refractivity contribution is 7.99. The summed E-state index contributed by atoms with van der Waals surface area (Å²) in [5.41, 5.74) is 1.97. The summed E-state index contributed by atoms with van der Waals surface area (Å²) in [6, 6.07) is 14.8. The molecule has 1 atom stereocenters. The van der Waals surface area contributed by atoms with E-state index in [9.17, 15) is 14.4 Å². The van der Waals surface area contributed by atoms with Crippen molar-refractivity contribution in [2.24, 2.45) is 0 Å². The molecular weight excluding hydrogens is 350 g/mol. The summed E-state index contributed by atoms with van der Waals surface area (Å²) >= 11 is 1.57. The van der Waals surface area contributed by atoms with Gasteiger partial charge in [0.2, 0.25) is 5.91 Å². The Balaban J connectivity index is 1.47. The minimum atomic E-state index is -0.395. The highest BCUT2D eigenvalue weighted by atomic mass is 32.2. The number of rotatable bonds is 7. The lowest BCUT2D eigenvalue weighted by molar-refractivity contribution is -0.142. The van der Waals surface area contributed by atoms with Crippen molar-refractivity contribution >= 4 is 35.1 Å². The van der Waals surface area contributed by atoms with Crippen LogP contribution in [0.4, 0.5) is 5.69 Å². The Morgan fingerprint density at radius 1 is 1.15 bits per heavy atom. The number of thioether (sulfide) groups is 1. The number of amides is 1. The predicted octanol–water partition coefficient (Wildman–Crippen LogP) is 3.65. The van der Waals surface area contributed by atoms with E-state index in [0.29, 0.717) is 11.3 Å². The molecule has 6 heteroatoms. The first-order valence-electron chi connectivity index (χ1n) is 8.36. The molecule has 26 heavy (non-hydrogen) atoms. The van der Waals surface area contributed by atoms with Crippen LogP contribution < -0.4 is 5.32 Å². The molecule has 5 nitrogen and oxygen atoms in total. The molecule has 0 saturated heterocycles. The average Bonchev–Trinajstić information content (AvgIpc) is 2.94. The van der Waals surface area contributed by atoms with E-state index >= 15 is 0 Å². The number of hydrogen-bond donors (Lipinski definition) is 1. The lowest BCUT2D eigenvalue weighted by Crippen LogP contribution is -2.14. The van der Waals surface area contributed by atoms with E-state index in [1.54, 1.807) is 36.9 Å². The van der Waals surface area contributed by atoms with Gasteiger partial charge in [0.25, 0.3) is 0 Å². The number of esters is 1. The predicted molar refractivity (Wildman–Crippen MR) is 101 cm³/mol. The molecular formula is C20H19NO4S. The second-order valence-electron chi connectivity index (χ2n) is 6.01. The average molecular weight is 369 g/mol. The molecule has 0 spiro atoms. The Morgan fingerprint density at radius 2 is 1.92 bits per heavy atom. The van der Waals surface area contributed by atoms with Crippen molar-refractivity contribution in [2.45, 2.75) is 24.2 Å². The molecule has 134 valence electrons. The van der Waals surface area contributed by atoms with Crippen molar-refractivity contribution in [3.63, 3.8) is 0 Å². The van der Waals surface area contributed by atoms with Gasteiger partial charge in [0.15, 0.2) is 12.4 Å². The van der Waals surface area contributed by atoms with E-state index in [1.165, 1.54) is 0 Å². The number of Topliss-reactive ketones (excluding diaryl/α,β-unsaturated/α-hetero) is 1. The molecule has 0 saturated carbocycles. The number of nitrogens with one attached hydrogen (secondary N) is 1. The van der Waals surface area contributed by atoms with Crippen molar-refractivity contribution < 1.29 is 19.1 Å². The van der Waals surface area contributed by atoms with E-state index < -0.39 is 5.97 Å². The molecule has 1 N–H and O–H groups in total. The summed E-state index contributed by atoms with van der Waals surface area (Å²) < 4.78 is 5.08. The minimum Gasteiger partial charge on any atom is -0.457 e. The fourth-order valence-electron chi connectivity index (χ4n) is 2.66. The third kappa shape index (κ3) is 4.32. The smallest absolute Gasteiger partial charge is 0.307 e. The number of anilines is 1. The Morgan fingerprint density at radius 3 is 2.69 bits per heavy atom. The summed E-state index contributed by atoms with van der Waals surface area (Å²) in [5, 5.41) is 2.76. The van der Waals surface area contributed by atoms with Crippen LogP contribution in [0.2, 0.25) is 0 Å². The molecule has 0 aliphatic carbocycles. The van der Waals surface area contributed by atoms with Gasteiger partial charge in [0.05, 0.1) is 12.3 Å². The Bertz CT molecular complexity index is 835. The van der Waals surface area contributed by atoms with Crippen LogP contribution in [0.3, 0.4) is 0 Å². The van der Waals surface area contributed by atoms with Gasteiger partial charge in [-0.05, 0) is 42.8 Å². The highest BCUT2D eigenvalue weighted by Crippen LogP contribution is 2.32. The highest BCUT2D eigenvalue weighted by Gasteiger charge is 2.27. The van der Waals surface area contributed by atoms with E-state index in [-0.39, 0.29) is 30.6 Å². The number of hydrogen-bond acceptors (Lipinski definition) is 5. The van der Waals surface area contributed by atoms with Crippen LogP contribution in [0, 0.1) is 0 Å². The topological polar surface area (TPSA) is 72.5 Å². The third-order valence-corrected chi connectivity index (χ3v) is 5.19. The van der Waals surface area contributed by atoms with Crippen LogP contribution >= 0.6 is 11.8 Å². The molecule has 0 aromatic heterocycles. The van der Waals surface area contributed by atoms with Gasteiger partial charge >= 0.3 is 5.97 Å². The quantitative estimate of drug-likeness (QED) is 0.458. The number of fused-ring (bicyclic) bond motifs is 1. The summed E-state index contributed by atoms with van der Waals surface area (Å²) in [6.45, 7) is 1.50. The molecule has 0 unspecified atom stereocenters. The van der Waals surface area contributed by atoms with Crippen LogP contribution in [0.15, 0.2) is 53.4 Å². The largest absolute Gasteiger partial charge is 0.457 e. The van der Waals surface area contributed by atoms with Gasteiger partial charge in [-0.2, -0.15) is 0 Å². The summed E-state index contributed by atoms with van der Waals surface area (Å²) in [4.78, 5) is 36.8. The van der Waals surface area contributed by atoms with Crippen molar-refractivity contribution in [3.05, 3.63) is 59.7 Å². The van der Waals surface area contributed by atoms with E-state index in [2.05, 4.69) is 5.32 Å². The van der Waals surface area contributed by atoms with Crippen LogP contribution in [-0.2, 0) is 14.3 Å². The minimum absolute atomic E-state index is 0.0769. The lowest BCUT2D eigenvalue weighted by Gasteiger charge is -2.07. The van der Waals surface area contributed by atoms with Crippen LogP contribution in [0.25, 0.3) is 0 Å². The number of ether oxygens (including phenoxy) is 1. The fourth-order valence-corrected chi connectivity index (χ4v) is 3.51. The first-order valence-corrected chi connectivity index (χ1v) is 9.34. The molecule has 2 aromatic rings. The monoisotopic (exact) mass is 369 g/mol. The standard InChI is InChI=1S/C20H19NO4S/c1-13-16-11-14(7-8-17(16)21-20(13)24)18(22)12-25-19(23)9-10-26-15-5-3-2-4-6-15/h2-8,11,13H,9-10,12H2,1H3,(H,21,24)/t13-/m1/s1. The van der Waals surface area contributed by atoms with E-state index in [0.717, 1.165) is 16.1 Å². The molecule has 0 fully saturated rings. The number of benzene rings is 2. The molecule has 1 amide bonds. The summed E-state index contributed by atoms with van der Waals surface area (Å²) in [6.07, 6.45) is 0.243. The molecule has 1 aliphatic heterocycles. The van der Waals surface area contributed by atoms with Gasteiger partial charge in [0, 0.05) is 21.9 Å². The Labute approximate surface area is 156 Å². The second kappa shape index (κ2) is 8.19. The first kappa shape index (κ1) is 18.2. The van der Waals surface area contributed by atoms with Gasteiger partial charge in [-0.3, -0.25) is 14.4 Å². The van der Waals surface area contributed by atoms with Crippen molar-refractivity contribution in [1.82, 2.24) is 0 Å². The molecule has 3 rings (SSSR count). The SMILES string of the molecule is C[C@H]1C(=O)Nc2ccc(C(=O)COC(=O)CCSc3ccccc3)cc21. The summed E-state index contributed by atoms with van der Waals surface area (Å²) in [5.74, 6) is -0.430. The molecule has 1 aliphatic rings. The van der Waals surface area contributed by atoms with E-state index in [1.807, 2.05) is 30.3 Å². The fraction of sp³-hybridized carbons (Fsp3) is 0.250. The maximum atomic E-state index is 12.2. The van der Waals surface area contributed by atoms with Gasteiger partial charge in [0.1, 0.15) is 0 Å². The number of ketones is 1. The maximum Gasteiger partial charge on any atom is 0.307 e. The van der Waals surface area contributed by atoms with Gasteiger partial charge < -0.3 is 10.1 Å². The maximum absolute atomic E-state index is 12.2. The number of carbonyl (C=O) groups excluding carboxylic acids is 3. The number of carbonyl (C=O) groups is 3. The van der Waals surface area contributed by atoms with Gasteiger partial charge in [-0.1, -0.05) is 18.2 Å². The molecule has 0 radical (unpaired) electrons. The third-order valence-electron chi connectivity index (χ3n) is 4.17. The van der Waals surface area contributed by atoms with Crippen molar-refractivity contribution in [3.8, 4) is 0 Å². The van der Waals surface area contributed by atoms with Crippen LogP contribution in [-0.4, -0.2) is 30.0 Å².